The zero-order chi connectivity index (χ0) is 20.2. The van der Waals surface area contributed by atoms with Crippen LogP contribution in [0.2, 0.25) is 0 Å². The van der Waals surface area contributed by atoms with Crippen LogP contribution in [0.5, 0.6) is 5.75 Å². The fourth-order valence-electron chi connectivity index (χ4n) is 4.47. The van der Waals surface area contributed by atoms with Crippen molar-refractivity contribution in [3.05, 3.63) is 65.2 Å². The Hall–Kier alpha value is -2.82. The van der Waals surface area contributed by atoms with Crippen LogP contribution < -0.4 is 10.1 Å². The first-order chi connectivity index (χ1) is 14.2. The molecule has 4 rings (SSSR count). The molecule has 1 heterocycles. The molecule has 1 atom stereocenters. The summed E-state index contributed by atoms with van der Waals surface area (Å²) in [5, 5.41) is 3.04. The lowest BCUT2D eigenvalue weighted by Gasteiger charge is -2.33. The molecule has 5 heteroatoms. The molecule has 2 aromatic rings. The maximum Gasteiger partial charge on any atom is 0.230 e. The van der Waals surface area contributed by atoms with E-state index in [2.05, 4.69) is 17.4 Å². The van der Waals surface area contributed by atoms with Gasteiger partial charge in [-0.3, -0.25) is 9.59 Å². The maximum absolute atomic E-state index is 13.0. The number of nitrogens with zero attached hydrogens (tertiary/aromatic N) is 1. The van der Waals surface area contributed by atoms with Crippen molar-refractivity contribution in [2.75, 3.05) is 20.2 Å². The van der Waals surface area contributed by atoms with Crippen molar-refractivity contribution in [2.45, 2.75) is 38.1 Å². The van der Waals surface area contributed by atoms with Crippen LogP contribution in [-0.2, 0) is 22.6 Å². The van der Waals surface area contributed by atoms with Crippen LogP contribution >= 0.6 is 0 Å². The Morgan fingerprint density at radius 2 is 1.76 bits per heavy atom. The second-order valence-electron chi connectivity index (χ2n) is 7.96. The zero-order valence-electron chi connectivity index (χ0n) is 16.9. The Morgan fingerprint density at radius 3 is 2.48 bits per heavy atom. The number of piperidine rings is 1. The highest BCUT2D eigenvalue weighted by Gasteiger charge is 2.34. The Bertz CT molecular complexity index is 870. The molecule has 0 aromatic heterocycles. The van der Waals surface area contributed by atoms with Gasteiger partial charge in [0.1, 0.15) is 5.75 Å². The van der Waals surface area contributed by atoms with Gasteiger partial charge >= 0.3 is 0 Å². The number of likely N-dealkylation sites (tertiary alicyclic amines) is 1. The minimum absolute atomic E-state index is 0.00773. The maximum atomic E-state index is 13.0. The van der Waals surface area contributed by atoms with Gasteiger partial charge in [0.25, 0.3) is 0 Å². The van der Waals surface area contributed by atoms with Gasteiger partial charge in [-0.25, -0.2) is 0 Å². The number of hydrogen-bond acceptors (Lipinski definition) is 3. The molecule has 2 amide bonds. The predicted molar refractivity (Wildman–Crippen MR) is 112 cm³/mol. The second kappa shape index (κ2) is 8.68. The zero-order valence-corrected chi connectivity index (χ0v) is 16.9. The van der Waals surface area contributed by atoms with E-state index in [1.807, 2.05) is 41.3 Å². The monoisotopic (exact) mass is 392 g/mol. The van der Waals surface area contributed by atoms with Crippen LogP contribution in [0.25, 0.3) is 0 Å². The van der Waals surface area contributed by atoms with Crippen LogP contribution in [0.4, 0.5) is 0 Å². The van der Waals surface area contributed by atoms with Crippen molar-refractivity contribution in [3.8, 4) is 5.75 Å². The highest BCUT2D eigenvalue weighted by atomic mass is 16.5. The third-order valence-corrected chi connectivity index (χ3v) is 6.23. The summed E-state index contributed by atoms with van der Waals surface area (Å²) in [5.74, 6) is 1.09. The Morgan fingerprint density at radius 1 is 1.03 bits per heavy atom. The van der Waals surface area contributed by atoms with Gasteiger partial charge in [-0.05, 0) is 54.5 Å². The Kier molecular flexibility index (Phi) is 5.84. The normalized spacial score (nSPS) is 18.9. The number of aryl methyl sites for hydroxylation is 1. The predicted octanol–water partition coefficient (Wildman–Crippen LogP) is 3.28. The smallest absolute Gasteiger partial charge is 0.230 e. The Balaban J connectivity index is 1.26. The van der Waals surface area contributed by atoms with Gasteiger partial charge in [-0.15, -0.1) is 0 Å². The van der Waals surface area contributed by atoms with E-state index in [0.717, 1.165) is 37.0 Å². The number of amides is 2. The number of carbonyl (C=O) groups excluding carboxylic acids is 2. The quantitative estimate of drug-likeness (QED) is 0.850. The van der Waals surface area contributed by atoms with E-state index in [0.29, 0.717) is 19.6 Å². The molecule has 2 aromatic carbocycles. The van der Waals surface area contributed by atoms with E-state index >= 15 is 0 Å². The average Bonchev–Trinajstić information content (AvgIpc) is 3.21. The summed E-state index contributed by atoms with van der Waals surface area (Å²) < 4.78 is 5.16. The Labute approximate surface area is 172 Å². The summed E-state index contributed by atoms with van der Waals surface area (Å²) in [6, 6.07) is 16.0. The van der Waals surface area contributed by atoms with Gasteiger partial charge in [-0.1, -0.05) is 36.4 Å². The summed E-state index contributed by atoms with van der Waals surface area (Å²) in [5.41, 5.74) is 3.54. The summed E-state index contributed by atoms with van der Waals surface area (Å²) in [6.07, 6.45) is 3.35. The number of hydrogen-bond donors (Lipinski definition) is 1. The second-order valence-corrected chi connectivity index (χ2v) is 7.96. The molecule has 2 aliphatic rings. The molecule has 29 heavy (non-hydrogen) atoms. The van der Waals surface area contributed by atoms with E-state index < -0.39 is 0 Å². The highest BCUT2D eigenvalue weighted by molar-refractivity contribution is 5.85. The number of carbonyl (C=O) groups is 2. The van der Waals surface area contributed by atoms with Gasteiger partial charge in [0.05, 0.1) is 13.0 Å². The first-order valence-electron chi connectivity index (χ1n) is 10.4. The molecule has 1 N–H and O–H groups in total. The van der Waals surface area contributed by atoms with Crippen molar-refractivity contribution in [1.82, 2.24) is 10.2 Å². The van der Waals surface area contributed by atoms with Crippen molar-refractivity contribution in [1.29, 1.82) is 0 Å². The molecule has 0 radical (unpaired) electrons. The van der Waals surface area contributed by atoms with Crippen LogP contribution in [-0.4, -0.2) is 36.9 Å². The number of ether oxygens (including phenoxy) is 1. The minimum atomic E-state index is -0.0202. The molecule has 5 nitrogen and oxygen atoms in total. The van der Waals surface area contributed by atoms with Gasteiger partial charge in [-0.2, -0.15) is 0 Å². The fourth-order valence-corrected chi connectivity index (χ4v) is 4.47. The number of nitrogens with one attached hydrogen (secondary N) is 1. The summed E-state index contributed by atoms with van der Waals surface area (Å²) in [6.45, 7) is 1.84. The molecule has 0 spiro atoms. The summed E-state index contributed by atoms with van der Waals surface area (Å²) >= 11 is 0. The van der Waals surface area contributed by atoms with E-state index in [9.17, 15) is 9.59 Å². The SMILES string of the molecule is COc1ccc(CNC(=O)C2CCN(C(=O)C3CCc4ccccc43)CC2)cc1. The van der Waals surface area contributed by atoms with Gasteiger partial charge in [0.2, 0.25) is 11.8 Å². The van der Waals surface area contributed by atoms with Crippen molar-refractivity contribution in [2.24, 2.45) is 5.92 Å². The molecule has 0 bridgehead atoms. The molecular formula is C24H28N2O3. The van der Waals surface area contributed by atoms with E-state index in [-0.39, 0.29) is 23.7 Å². The number of fused-ring (bicyclic) bond motifs is 1. The number of methoxy groups -OCH3 is 1. The lowest BCUT2D eigenvalue weighted by molar-refractivity contribution is -0.136. The molecule has 1 fully saturated rings. The first-order valence-corrected chi connectivity index (χ1v) is 10.4. The van der Waals surface area contributed by atoms with Gasteiger partial charge < -0.3 is 15.0 Å². The van der Waals surface area contributed by atoms with Crippen LogP contribution in [0.3, 0.4) is 0 Å². The third kappa shape index (κ3) is 4.29. The van der Waals surface area contributed by atoms with Crippen molar-refractivity contribution in [3.63, 3.8) is 0 Å². The standard InChI is InChI=1S/C24H28N2O3/c1-29-20-9-6-17(7-10-20)16-25-23(27)19-12-14-26(15-13-19)24(28)22-11-8-18-4-2-3-5-21(18)22/h2-7,9-10,19,22H,8,11-16H2,1H3,(H,25,27). The topological polar surface area (TPSA) is 58.6 Å². The van der Waals surface area contributed by atoms with Crippen molar-refractivity contribution >= 4 is 11.8 Å². The third-order valence-electron chi connectivity index (χ3n) is 6.23. The number of rotatable bonds is 5. The molecular weight excluding hydrogens is 364 g/mol. The lowest BCUT2D eigenvalue weighted by Crippen LogP contribution is -2.44. The number of benzene rings is 2. The molecule has 1 aliphatic carbocycles. The molecule has 1 saturated heterocycles. The molecule has 152 valence electrons. The lowest BCUT2D eigenvalue weighted by atomic mass is 9.93. The fraction of sp³-hybridized carbons (Fsp3) is 0.417. The van der Waals surface area contributed by atoms with E-state index in [1.165, 1.54) is 11.1 Å². The van der Waals surface area contributed by atoms with Crippen molar-refractivity contribution < 1.29 is 14.3 Å². The van der Waals surface area contributed by atoms with E-state index in [1.54, 1.807) is 7.11 Å². The highest BCUT2D eigenvalue weighted by Crippen LogP contribution is 2.35. The van der Waals surface area contributed by atoms with Crippen LogP contribution in [0, 0.1) is 5.92 Å². The summed E-state index contributed by atoms with van der Waals surface area (Å²) in [7, 11) is 1.64. The first kappa shape index (κ1) is 19.5. The van der Waals surface area contributed by atoms with Crippen LogP contribution in [0.1, 0.15) is 41.9 Å². The van der Waals surface area contributed by atoms with Gasteiger partial charge in [0.15, 0.2) is 0 Å². The van der Waals surface area contributed by atoms with E-state index in [4.69, 9.17) is 4.74 Å². The van der Waals surface area contributed by atoms with Gasteiger partial charge in [0, 0.05) is 25.6 Å². The molecule has 0 saturated carbocycles. The summed E-state index contributed by atoms with van der Waals surface area (Å²) in [4.78, 5) is 27.5. The minimum Gasteiger partial charge on any atom is -0.497 e. The van der Waals surface area contributed by atoms with Crippen LogP contribution in [0.15, 0.2) is 48.5 Å². The molecule has 1 aliphatic heterocycles. The largest absolute Gasteiger partial charge is 0.497 e. The molecule has 1 unspecified atom stereocenters. The average molecular weight is 392 g/mol.